The Balaban J connectivity index is 1.98. The molecule has 1 aliphatic rings. The van der Waals surface area contributed by atoms with Crippen molar-refractivity contribution in [3.05, 3.63) is 29.3 Å². The zero-order valence-corrected chi connectivity index (χ0v) is 12.3. The van der Waals surface area contributed by atoms with Crippen LogP contribution in [0.15, 0.2) is 18.2 Å². The number of benzene rings is 1. The van der Waals surface area contributed by atoms with E-state index >= 15 is 0 Å². The highest BCUT2D eigenvalue weighted by atomic mass is 19.4. The lowest BCUT2D eigenvalue weighted by Crippen LogP contribution is -2.43. The fraction of sp³-hybridized carbons (Fsp3) is 0.600. The maximum absolute atomic E-state index is 12.9. The van der Waals surface area contributed by atoms with Gasteiger partial charge in [-0.05, 0) is 38.0 Å². The standard InChI is InChI=1S/C15H21F3N2O/c1-10-3-4-12(8-14(10)15(16,17)18)20-11(2)7-13-9-21-6-5-19-13/h3-4,8,11,13,19-20H,5-7,9H2,1-2H3. The van der Waals surface area contributed by atoms with Gasteiger partial charge in [0, 0.05) is 24.3 Å². The Labute approximate surface area is 122 Å². The number of hydrogen-bond acceptors (Lipinski definition) is 3. The van der Waals surface area contributed by atoms with Crippen LogP contribution in [0, 0.1) is 6.92 Å². The van der Waals surface area contributed by atoms with Gasteiger partial charge in [0.1, 0.15) is 0 Å². The fourth-order valence-corrected chi connectivity index (χ4v) is 2.56. The molecule has 2 rings (SSSR count). The van der Waals surface area contributed by atoms with Crippen molar-refractivity contribution in [3.8, 4) is 0 Å². The lowest BCUT2D eigenvalue weighted by Gasteiger charge is -2.27. The van der Waals surface area contributed by atoms with Crippen LogP contribution in [0.4, 0.5) is 18.9 Å². The minimum atomic E-state index is -4.32. The van der Waals surface area contributed by atoms with Gasteiger partial charge >= 0.3 is 6.18 Å². The minimum Gasteiger partial charge on any atom is -0.383 e. The highest BCUT2D eigenvalue weighted by Crippen LogP contribution is 2.33. The van der Waals surface area contributed by atoms with Crippen LogP contribution in [0.3, 0.4) is 0 Å². The van der Waals surface area contributed by atoms with E-state index in [0.717, 1.165) is 13.0 Å². The Morgan fingerprint density at radius 2 is 2.19 bits per heavy atom. The first-order valence-corrected chi connectivity index (χ1v) is 7.12. The zero-order chi connectivity index (χ0) is 15.5. The second-order valence-corrected chi connectivity index (χ2v) is 5.53. The number of rotatable bonds is 4. The lowest BCUT2D eigenvalue weighted by atomic mass is 10.1. The molecule has 0 saturated carbocycles. The third-order valence-electron chi connectivity index (χ3n) is 3.59. The molecular weight excluding hydrogens is 281 g/mol. The molecule has 0 aliphatic carbocycles. The smallest absolute Gasteiger partial charge is 0.383 e. The van der Waals surface area contributed by atoms with Crippen LogP contribution in [0.25, 0.3) is 0 Å². The number of anilines is 1. The van der Waals surface area contributed by atoms with Crippen LogP contribution in [-0.4, -0.2) is 31.8 Å². The summed E-state index contributed by atoms with van der Waals surface area (Å²) < 4.78 is 44.0. The van der Waals surface area contributed by atoms with Gasteiger partial charge in [-0.3, -0.25) is 0 Å². The summed E-state index contributed by atoms with van der Waals surface area (Å²) in [6.07, 6.45) is -3.51. The largest absolute Gasteiger partial charge is 0.416 e. The Morgan fingerprint density at radius 3 is 2.81 bits per heavy atom. The second-order valence-electron chi connectivity index (χ2n) is 5.53. The van der Waals surface area contributed by atoms with Gasteiger partial charge in [0.15, 0.2) is 0 Å². The Morgan fingerprint density at radius 1 is 1.43 bits per heavy atom. The molecule has 2 atom stereocenters. The van der Waals surface area contributed by atoms with Crippen molar-refractivity contribution in [1.82, 2.24) is 5.32 Å². The SMILES string of the molecule is Cc1ccc(NC(C)CC2COCCN2)cc1C(F)(F)F. The molecule has 21 heavy (non-hydrogen) atoms. The van der Waals surface area contributed by atoms with Gasteiger partial charge in [-0.1, -0.05) is 6.07 Å². The molecule has 0 bridgehead atoms. The van der Waals surface area contributed by atoms with Crippen LogP contribution in [0.2, 0.25) is 0 Å². The molecule has 1 heterocycles. The molecule has 2 unspecified atom stereocenters. The zero-order valence-electron chi connectivity index (χ0n) is 12.3. The highest BCUT2D eigenvalue weighted by molar-refractivity contribution is 5.50. The number of alkyl halides is 3. The van der Waals surface area contributed by atoms with Crippen molar-refractivity contribution in [2.75, 3.05) is 25.1 Å². The summed E-state index contributed by atoms with van der Waals surface area (Å²) in [6.45, 7) is 5.61. The molecule has 1 aliphatic heterocycles. The molecule has 118 valence electrons. The predicted molar refractivity (Wildman–Crippen MR) is 76.5 cm³/mol. The van der Waals surface area contributed by atoms with Crippen LogP contribution < -0.4 is 10.6 Å². The van der Waals surface area contributed by atoms with E-state index in [1.54, 1.807) is 6.07 Å². The van der Waals surface area contributed by atoms with E-state index in [1.807, 2.05) is 6.92 Å². The Bertz CT molecular complexity index is 470. The minimum absolute atomic E-state index is 0.0630. The van der Waals surface area contributed by atoms with Gasteiger partial charge in [0.25, 0.3) is 0 Å². The number of nitrogens with one attached hydrogen (secondary N) is 2. The first-order chi connectivity index (χ1) is 9.86. The summed E-state index contributed by atoms with van der Waals surface area (Å²) in [6, 6.07) is 4.67. The molecule has 0 spiro atoms. The van der Waals surface area contributed by atoms with Crippen LogP contribution in [0.1, 0.15) is 24.5 Å². The van der Waals surface area contributed by atoms with E-state index in [4.69, 9.17) is 4.74 Å². The van der Waals surface area contributed by atoms with E-state index < -0.39 is 11.7 Å². The molecule has 2 N–H and O–H groups in total. The maximum atomic E-state index is 12.9. The highest BCUT2D eigenvalue weighted by Gasteiger charge is 2.32. The first kappa shape index (κ1) is 16.1. The number of halogens is 3. The lowest BCUT2D eigenvalue weighted by molar-refractivity contribution is -0.138. The third-order valence-corrected chi connectivity index (χ3v) is 3.59. The normalized spacial score (nSPS) is 21.1. The molecule has 1 aromatic rings. The molecule has 6 heteroatoms. The van der Waals surface area contributed by atoms with Crippen LogP contribution in [-0.2, 0) is 10.9 Å². The summed E-state index contributed by atoms with van der Waals surface area (Å²) in [5.41, 5.74) is 0.152. The van der Waals surface area contributed by atoms with Crippen molar-refractivity contribution in [2.24, 2.45) is 0 Å². The number of morpholine rings is 1. The van der Waals surface area contributed by atoms with Gasteiger partial charge in [-0.25, -0.2) is 0 Å². The number of hydrogen-bond donors (Lipinski definition) is 2. The molecular formula is C15H21F3N2O. The van der Waals surface area contributed by atoms with E-state index in [-0.39, 0.29) is 17.6 Å². The average molecular weight is 302 g/mol. The van der Waals surface area contributed by atoms with Gasteiger partial charge < -0.3 is 15.4 Å². The maximum Gasteiger partial charge on any atom is 0.416 e. The molecule has 1 aromatic carbocycles. The molecule has 0 amide bonds. The topological polar surface area (TPSA) is 33.3 Å². The monoisotopic (exact) mass is 302 g/mol. The van der Waals surface area contributed by atoms with Crippen molar-refractivity contribution < 1.29 is 17.9 Å². The summed E-state index contributed by atoms with van der Waals surface area (Å²) in [5, 5.41) is 6.47. The fourth-order valence-electron chi connectivity index (χ4n) is 2.56. The van der Waals surface area contributed by atoms with E-state index in [2.05, 4.69) is 10.6 Å². The third kappa shape index (κ3) is 4.61. The van der Waals surface area contributed by atoms with Gasteiger partial charge in [0.05, 0.1) is 18.8 Å². The van der Waals surface area contributed by atoms with E-state index in [1.165, 1.54) is 19.1 Å². The molecule has 3 nitrogen and oxygen atoms in total. The first-order valence-electron chi connectivity index (χ1n) is 7.12. The summed E-state index contributed by atoms with van der Waals surface area (Å²) in [5.74, 6) is 0. The van der Waals surface area contributed by atoms with Crippen LogP contribution in [0.5, 0.6) is 0 Å². The van der Waals surface area contributed by atoms with Gasteiger partial charge in [0.2, 0.25) is 0 Å². The molecule has 0 radical (unpaired) electrons. The molecule has 1 fully saturated rings. The van der Waals surface area contributed by atoms with Crippen molar-refractivity contribution in [1.29, 1.82) is 0 Å². The quantitative estimate of drug-likeness (QED) is 0.896. The van der Waals surface area contributed by atoms with E-state index in [9.17, 15) is 13.2 Å². The average Bonchev–Trinajstić information content (AvgIpc) is 2.41. The summed E-state index contributed by atoms with van der Waals surface area (Å²) in [4.78, 5) is 0. The second kappa shape index (κ2) is 6.66. The molecule has 1 saturated heterocycles. The predicted octanol–water partition coefficient (Wildman–Crippen LogP) is 3.19. The summed E-state index contributed by atoms with van der Waals surface area (Å²) in [7, 11) is 0. The molecule has 0 aromatic heterocycles. The van der Waals surface area contributed by atoms with Gasteiger partial charge in [-0.15, -0.1) is 0 Å². The van der Waals surface area contributed by atoms with E-state index in [0.29, 0.717) is 18.9 Å². The number of ether oxygens (including phenoxy) is 1. The Kier molecular flexibility index (Phi) is 5.11. The Hall–Kier alpha value is -1.27. The van der Waals surface area contributed by atoms with Crippen LogP contribution >= 0.6 is 0 Å². The van der Waals surface area contributed by atoms with Gasteiger partial charge in [-0.2, -0.15) is 13.2 Å². The summed E-state index contributed by atoms with van der Waals surface area (Å²) >= 11 is 0. The van der Waals surface area contributed by atoms with Crippen molar-refractivity contribution in [3.63, 3.8) is 0 Å². The van der Waals surface area contributed by atoms with Crippen molar-refractivity contribution in [2.45, 2.75) is 38.5 Å². The number of aryl methyl sites for hydroxylation is 1. The van der Waals surface area contributed by atoms with Crippen molar-refractivity contribution >= 4 is 5.69 Å².